The fourth-order valence-corrected chi connectivity index (χ4v) is 2.49. The molecule has 0 saturated heterocycles. The van der Waals surface area contributed by atoms with Gasteiger partial charge in [-0.15, -0.1) is 0 Å². The number of aryl methyl sites for hydroxylation is 1. The molecule has 124 valence electrons. The zero-order valence-electron chi connectivity index (χ0n) is 13.5. The molecule has 5 nitrogen and oxygen atoms in total. The molecule has 1 fully saturated rings. The highest BCUT2D eigenvalue weighted by Crippen LogP contribution is 2.30. The minimum atomic E-state index is -0.933. The van der Waals surface area contributed by atoms with Crippen molar-refractivity contribution in [3.63, 3.8) is 0 Å². The van der Waals surface area contributed by atoms with E-state index in [1.807, 2.05) is 31.2 Å². The minimum Gasteiger partial charge on any atom is -0.478 e. The van der Waals surface area contributed by atoms with E-state index in [0.29, 0.717) is 6.54 Å². The van der Waals surface area contributed by atoms with Gasteiger partial charge in [0.2, 0.25) is 5.91 Å². The molecule has 2 aromatic rings. The lowest BCUT2D eigenvalue weighted by Crippen LogP contribution is -2.13. The number of carbonyl (C=O) groups is 2. The molecule has 0 atom stereocenters. The zero-order valence-corrected chi connectivity index (χ0v) is 13.5. The highest BCUT2D eigenvalue weighted by atomic mass is 16.4. The van der Waals surface area contributed by atoms with Gasteiger partial charge in [-0.05, 0) is 55.2 Å². The predicted octanol–water partition coefficient (Wildman–Crippen LogP) is 3.65. The van der Waals surface area contributed by atoms with E-state index in [9.17, 15) is 9.59 Å². The van der Waals surface area contributed by atoms with Crippen LogP contribution in [0.5, 0.6) is 0 Å². The lowest BCUT2D eigenvalue weighted by atomic mass is 10.1. The summed E-state index contributed by atoms with van der Waals surface area (Å²) in [5.74, 6) is -0.682. The van der Waals surface area contributed by atoms with Crippen molar-refractivity contribution in [3.05, 3.63) is 59.2 Å². The molecule has 0 spiro atoms. The lowest BCUT2D eigenvalue weighted by molar-refractivity contribution is -0.117. The van der Waals surface area contributed by atoms with Crippen molar-refractivity contribution in [2.45, 2.75) is 26.3 Å². The number of rotatable bonds is 6. The maximum atomic E-state index is 11.9. The molecule has 1 amide bonds. The van der Waals surface area contributed by atoms with Gasteiger partial charge < -0.3 is 15.7 Å². The molecular formula is C19H20N2O3. The Bertz CT molecular complexity index is 782. The molecule has 0 aliphatic heterocycles. The smallest absolute Gasteiger partial charge is 0.335 e. The number of amides is 1. The third kappa shape index (κ3) is 3.93. The van der Waals surface area contributed by atoms with Gasteiger partial charge in [0.15, 0.2) is 0 Å². The van der Waals surface area contributed by atoms with E-state index in [-0.39, 0.29) is 17.4 Å². The maximum absolute atomic E-state index is 11.9. The molecule has 0 aromatic heterocycles. The van der Waals surface area contributed by atoms with E-state index < -0.39 is 5.97 Å². The third-order valence-electron chi connectivity index (χ3n) is 4.11. The van der Waals surface area contributed by atoms with Crippen molar-refractivity contribution in [2.75, 3.05) is 10.6 Å². The largest absolute Gasteiger partial charge is 0.478 e. The number of carbonyl (C=O) groups excluding carboxylic acids is 1. The van der Waals surface area contributed by atoms with Crippen LogP contribution in [0.15, 0.2) is 42.5 Å². The van der Waals surface area contributed by atoms with Gasteiger partial charge in [0.1, 0.15) is 0 Å². The van der Waals surface area contributed by atoms with Gasteiger partial charge in [-0.25, -0.2) is 4.79 Å². The number of anilines is 2. The average molecular weight is 324 g/mol. The second-order valence-electron chi connectivity index (χ2n) is 6.15. The molecule has 0 bridgehead atoms. The molecule has 1 saturated carbocycles. The van der Waals surface area contributed by atoms with Crippen LogP contribution in [0.25, 0.3) is 0 Å². The number of hydrogen-bond acceptors (Lipinski definition) is 3. The molecule has 0 heterocycles. The summed E-state index contributed by atoms with van der Waals surface area (Å²) in [6.07, 6.45) is 1.95. The van der Waals surface area contributed by atoms with Crippen LogP contribution >= 0.6 is 0 Å². The minimum absolute atomic E-state index is 0.0824. The summed E-state index contributed by atoms with van der Waals surface area (Å²) in [5.41, 5.74) is 3.93. The monoisotopic (exact) mass is 324 g/mol. The summed E-state index contributed by atoms with van der Waals surface area (Å²) < 4.78 is 0. The van der Waals surface area contributed by atoms with E-state index in [0.717, 1.165) is 35.3 Å². The van der Waals surface area contributed by atoms with Gasteiger partial charge in [0, 0.05) is 23.8 Å². The Morgan fingerprint density at radius 3 is 2.67 bits per heavy atom. The lowest BCUT2D eigenvalue weighted by Gasteiger charge is -2.13. The van der Waals surface area contributed by atoms with Crippen LogP contribution in [-0.2, 0) is 11.3 Å². The molecule has 24 heavy (non-hydrogen) atoms. The molecule has 2 aromatic carbocycles. The molecule has 3 N–H and O–H groups in total. The van der Waals surface area contributed by atoms with E-state index >= 15 is 0 Å². The summed E-state index contributed by atoms with van der Waals surface area (Å²) in [7, 11) is 0. The number of hydrogen-bond donors (Lipinski definition) is 3. The van der Waals surface area contributed by atoms with Crippen LogP contribution in [0.3, 0.4) is 0 Å². The first-order chi connectivity index (χ1) is 11.5. The zero-order chi connectivity index (χ0) is 17.1. The quantitative estimate of drug-likeness (QED) is 0.758. The predicted molar refractivity (Wildman–Crippen MR) is 93.3 cm³/mol. The number of benzene rings is 2. The molecule has 0 radical (unpaired) electrons. The van der Waals surface area contributed by atoms with Gasteiger partial charge in [0.25, 0.3) is 0 Å². The Labute approximate surface area is 140 Å². The molecule has 3 rings (SSSR count). The third-order valence-corrected chi connectivity index (χ3v) is 4.11. The van der Waals surface area contributed by atoms with Gasteiger partial charge in [-0.1, -0.05) is 18.2 Å². The molecule has 1 aliphatic carbocycles. The van der Waals surface area contributed by atoms with Crippen molar-refractivity contribution in [2.24, 2.45) is 5.92 Å². The molecule has 0 unspecified atom stereocenters. The van der Waals surface area contributed by atoms with E-state index in [4.69, 9.17) is 5.11 Å². The number of aromatic carboxylic acids is 1. The van der Waals surface area contributed by atoms with Gasteiger partial charge in [0.05, 0.1) is 5.56 Å². The Morgan fingerprint density at radius 1 is 1.17 bits per heavy atom. The topological polar surface area (TPSA) is 78.4 Å². The Kier molecular flexibility index (Phi) is 4.51. The van der Waals surface area contributed by atoms with E-state index in [1.165, 1.54) is 0 Å². The fourth-order valence-electron chi connectivity index (χ4n) is 2.49. The van der Waals surface area contributed by atoms with E-state index in [2.05, 4.69) is 10.6 Å². The van der Waals surface area contributed by atoms with Crippen LogP contribution in [0.2, 0.25) is 0 Å². The number of carboxylic acids is 1. The average Bonchev–Trinajstić information content (AvgIpc) is 3.40. The maximum Gasteiger partial charge on any atom is 0.335 e. The number of nitrogens with one attached hydrogen (secondary N) is 2. The van der Waals surface area contributed by atoms with Crippen LogP contribution in [0.4, 0.5) is 11.4 Å². The van der Waals surface area contributed by atoms with Gasteiger partial charge in [-0.2, -0.15) is 0 Å². The van der Waals surface area contributed by atoms with Crippen molar-refractivity contribution in [3.8, 4) is 0 Å². The summed E-state index contributed by atoms with van der Waals surface area (Å²) in [6, 6.07) is 12.6. The van der Waals surface area contributed by atoms with Crippen molar-refractivity contribution in [1.82, 2.24) is 0 Å². The van der Waals surface area contributed by atoms with Gasteiger partial charge in [-0.3, -0.25) is 4.79 Å². The summed E-state index contributed by atoms with van der Waals surface area (Å²) in [4.78, 5) is 22.9. The first kappa shape index (κ1) is 16.1. The standard InChI is InChI=1S/C19H20N2O3/c1-12-5-8-16(21-18(22)14-6-7-14)10-17(12)20-11-13-3-2-4-15(9-13)19(23)24/h2-5,8-10,14,20H,6-7,11H2,1H3,(H,21,22)(H,23,24). The van der Waals surface area contributed by atoms with Crippen LogP contribution < -0.4 is 10.6 Å². The first-order valence-corrected chi connectivity index (χ1v) is 8.00. The summed E-state index contributed by atoms with van der Waals surface area (Å²) >= 11 is 0. The molecule has 1 aliphatic rings. The van der Waals surface area contributed by atoms with E-state index in [1.54, 1.807) is 18.2 Å². The van der Waals surface area contributed by atoms with Crippen molar-refractivity contribution >= 4 is 23.3 Å². The normalized spacial score (nSPS) is 13.4. The van der Waals surface area contributed by atoms with Gasteiger partial charge >= 0.3 is 5.97 Å². The molecule has 5 heteroatoms. The molecular weight excluding hydrogens is 304 g/mol. The van der Waals surface area contributed by atoms with Crippen molar-refractivity contribution < 1.29 is 14.7 Å². The Balaban J connectivity index is 1.68. The fraction of sp³-hybridized carbons (Fsp3) is 0.263. The second-order valence-corrected chi connectivity index (χ2v) is 6.15. The second kappa shape index (κ2) is 6.74. The highest BCUT2D eigenvalue weighted by molar-refractivity contribution is 5.94. The Hall–Kier alpha value is -2.82. The SMILES string of the molecule is Cc1ccc(NC(=O)C2CC2)cc1NCc1cccc(C(=O)O)c1. The summed E-state index contributed by atoms with van der Waals surface area (Å²) in [6.45, 7) is 2.50. The summed E-state index contributed by atoms with van der Waals surface area (Å²) in [5, 5.41) is 15.3. The Morgan fingerprint density at radius 2 is 1.96 bits per heavy atom. The van der Waals surface area contributed by atoms with Crippen LogP contribution in [-0.4, -0.2) is 17.0 Å². The first-order valence-electron chi connectivity index (χ1n) is 8.00. The van der Waals surface area contributed by atoms with Crippen LogP contribution in [0.1, 0.15) is 34.3 Å². The number of carboxylic acid groups (broad SMARTS) is 1. The van der Waals surface area contributed by atoms with Crippen LogP contribution in [0, 0.1) is 12.8 Å². The highest BCUT2D eigenvalue weighted by Gasteiger charge is 2.29. The van der Waals surface area contributed by atoms with Crippen molar-refractivity contribution in [1.29, 1.82) is 0 Å².